The second-order valence-electron chi connectivity index (χ2n) is 7.28. The van der Waals surface area contributed by atoms with Gasteiger partial charge in [-0.3, -0.25) is 9.59 Å². The van der Waals surface area contributed by atoms with E-state index in [1.165, 1.54) is 0 Å². The van der Waals surface area contributed by atoms with Crippen molar-refractivity contribution in [1.29, 1.82) is 0 Å². The molecule has 5 atom stereocenters. The van der Waals surface area contributed by atoms with Crippen LogP contribution in [0.25, 0.3) is 0 Å². The predicted octanol–water partition coefficient (Wildman–Crippen LogP) is 2.72. The molecular weight excluding hydrogens is 344 g/mol. The van der Waals surface area contributed by atoms with Gasteiger partial charge in [-0.15, -0.1) is 0 Å². The Balaban J connectivity index is 1.32. The fraction of sp³-hybridized carbons (Fsp3) is 0.364. The minimum atomic E-state index is -0.654. The summed E-state index contributed by atoms with van der Waals surface area (Å²) >= 11 is 0. The van der Waals surface area contributed by atoms with Crippen LogP contribution in [0.4, 0.5) is 0 Å². The zero-order chi connectivity index (χ0) is 18.8. The van der Waals surface area contributed by atoms with Crippen molar-refractivity contribution < 1.29 is 24.2 Å². The first-order chi connectivity index (χ1) is 13.1. The molecule has 0 bridgehead atoms. The van der Waals surface area contributed by atoms with E-state index in [1.807, 2.05) is 60.7 Å². The number of fused-ring (bicyclic) bond motifs is 1. The molecule has 0 radical (unpaired) electrons. The van der Waals surface area contributed by atoms with Gasteiger partial charge in [0.2, 0.25) is 0 Å². The maximum atomic E-state index is 12.5. The molecule has 5 heteroatoms. The van der Waals surface area contributed by atoms with Gasteiger partial charge in [-0.05, 0) is 23.5 Å². The monoisotopic (exact) mass is 366 g/mol. The summed E-state index contributed by atoms with van der Waals surface area (Å²) < 4.78 is 10.8. The summed E-state index contributed by atoms with van der Waals surface area (Å²) in [6, 6.07) is 18.9. The van der Waals surface area contributed by atoms with Gasteiger partial charge in [0.25, 0.3) is 0 Å². The summed E-state index contributed by atoms with van der Waals surface area (Å²) in [4.78, 5) is 24.9. The van der Waals surface area contributed by atoms with Crippen LogP contribution in [0.5, 0.6) is 0 Å². The topological polar surface area (TPSA) is 72.8 Å². The van der Waals surface area contributed by atoms with E-state index in [4.69, 9.17) is 9.47 Å². The van der Waals surface area contributed by atoms with Gasteiger partial charge in [-0.25, -0.2) is 0 Å². The molecule has 0 amide bonds. The number of esters is 2. The quantitative estimate of drug-likeness (QED) is 0.796. The van der Waals surface area contributed by atoms with Gasteiger partial charge in [0.05, 0.1) is 17.9 Å². The van der Waals surface area contributed by atoms with Crippen LogP contribution in [-0.4, -0.2) is 23.1 Å². The normalized spacial score (nSPS) is 28.3. The molecule has 2 aliphatic carbocycles. The SMILES string of the molecule is O=C(OCc1ccccc1)C1CC(O)C2C(C(=O)OCc3ccccc3)C12. The number of carbonyl (C=O) groups excluding carboxylic acids is 2. The summed E-state index contributed by atoms with van der Waals surface area (Å²) in [6.07, 6.45) is -0.302. The average molecular weight is 366 g/mol. The molecule has 2 saturated carbocycles. The lowest BCUT2D eigenvalue weighted by Gasteiger charge is -2.15. The number of rotatable bonds is 6. The Hall–Kier alpha value is -2.66. The van der Waals surface area contributed by atoms with E-state index in [-0.39, 0.29) is 37.0 Å². The highest BCUT2D eigenvalue weighted by molar-refractivity contribution is 5.81. The highest BCUT2D eigenvalue weighted by Crippen LogP contribution is 2.61. The third-order valence-electron chi connectivity index (χ3n) is 5.56. The van der Waals surface area contributed by atoms with Crippen molar-refractivity contribution in [2.45, 2.75) is 25.7 Å². The van der Waals surface area contributed by atoms with Crippen LogP contribution in [-0.2, 0) is 32.3 Å². The molecule has 5 unspecified atom stereocenters. The first-order valence-electron chi connectivity index (χ1n) is 9.24. The highest BCUT2D eigenvalue weighted by Gasteiger charge is 2.68. The van der Waals surface area contributed by atoms with Crippen LogP contribution >= 0.6 is 0 Å². The van der Waals surface area contributed by atoms with Crippen molar-refractivity contribution in [2.75, 3.05) is 0 Å². The molecular formula is C22H22O5. The second-order valence-corrected chi connectivity index (χ2v) is 7.28. The Morgan fingerprint density at radius 2 is 1.33 bits per heavy atom. The van der Waals surface area contributed by atoms with Crippen LogP contribution in [0.1, 0.15) is 17.5 Å². The minimum absolute atomic E-state index is 0.174. The Kier molecular flexibility index (Phi) is 4.94. The third-order valence-corrected chi connectivity index (χ3v) is 5.56. The number of aliphatic hydroxyl groups excluding tert-OH is 1. The zero-order valence-corrected chi connectivity index (χ0v) is 14.9. The molecule has 140 valence electrons. The Labute approximate surface area is 157 Å². The standard InChI is InChI=1S/C22H22O5/c23-17-11-16(21(24)26-12-14-7-3-1-4-8-14)18-19(17)20(18)22(25)27-13-15-9-5-2-6-10-15/h1-10,16-20,23H,11-13H2. The van der Waals surface area contributed by atoms with Crippen molar-refractivity contribution in [3.8, 4) is 0 Å². The lowest BCUT2D eigenvalue weighted by Crippen LogP contribution is -2.24. The Morgan fingerprint density at radius 1 is 0.815 bits per heavy atom. The van der Waals surface area contributed by atoms with E-state index in [2.05, 4.69) is 0 Å². The van der Waals surface area contributed by atoms with Crippen LogP contribution < -0.4 is 0 Å². The van der Waals surface area contributed by atoms with Gasteiger partial charge >= 0.3 is 11.9 Å². The van der Waals surface area contributed by atoms with Crippen LogP contribution in [0, 0.1) is 23.7 Å². The van der Waals surface area contributed by atoms with Gasteiger partial charge in [-0.2, -0.15) is 0 Å². The molecule has 0 aromatic heterocycles. The lowest BCUT2D eigenvalue weighted by atomic mass is 9.99. The number of hydrogen-bond acceptors (Lipinski definition) is 5. The van der Waals surface area contributed by atoms with E-state index in [9.17, 15) is 14.7 Å². The summed E-state index contributed by atoms with van der Waals surface area (Å²) in [5, 5.41) is 10.2. The Morgan fingerprint density at radius 3 is 1.89 bits per heavy atom. The lowest BCUT2D eigenvalue weighted by molar-refractivity contribution is -0.153. The molecule has 27 heavy (non-hydrogen) atoms. The summed E-state index contributed by atoms with van der Waals surface area (Å²) in [7, 11) is 0. The number of carbonyl (C=O) groups is 2. The van der Waals surface area contributed by atoms with Crippen molar-refractivity contribution in [1.82, 2.24) is 0 Å². The van der Waals surface area contributed by atoms with Crippen molar-refractivity contribution in [2.24, 2.45) is 23.7 Å². The molecule has 1 N–H and O–H groups in total. The van der Waals surface area contributed by atoms with Gasteiger partial charge in [0.1, 0.15) is 13.2 Å². The molecule has 0 spiro atoms. The third kappa shape index (κ3) is 3.74. The molecule has 2 aliphatic rings. The van der Waals surface area contributed by atoms with E-state index in [0.717, 1.165) is 11.1 Å². The van der Waals surface area contributed by atoms with Gasteiger partial charge in [0, 0.05) is 5.92 Å². The number of aliphatic hydroxyl groups is 1. The van der Waals surface area contributed by atoms with Gasteiger partial charge in [0.15, 0.2) is 0 Å². The summed E-state index contributed by atoms with van der Waals surface area (Å²) in [6.45, 7) is 0.404. The van der Waals surface area contributed by atoms with Gasteiger partial charge in [-0.1, -0.05) is 60.7 Å². The molecule has 4 rings (SSSR count). The maximum absolute atomic E-state index is 12.5. The van der Waals surface area contributed by atoms with Crippen molar-refractivity contribution >= 4 is 11.9 Å². The van der Waals surface area contributed by atoms with Gasteiger partial charge < -0.3 is 14.6 Å². The zero-order valence-electron chi connectivity index (χ0n) is 14.9. The minimum Gasteiger partial charge on any atom is -0.461 e. The van der Waals surface area contributed by atoms with Crippen molar-refractivity contribution in [3.63, 3.8) is 0 Å². The first-order valence-corrected chi connectivity index (χ1v) is 9.24. The number of benzene rings is 2. The smallest absolute Gasteiger partial charge is 0.309 e. The largest absolute Gasteiger partial charge is 0.461 e. The van der Waals surface area contributed by atoms with Crippen molar-refractivity contribution in [3.05, 3.63) is 71.8 Å². The van der Waals surface area contributed by atoms with E-state index < -0.39 is 17.9 Å². The Bertz CT molecular complexity index is 804. The summed E-state index contributed by atoms with van der Waals surface area (Å²) in [5.74, 6) is -1.90. The maximum Gasteiger partial charge on any atom is 0.309 e. The van der Waals surface area contributed by atoms with Crippen LogP contribution in [0.3, 0.4) is 0 Å². The molecule has 5 nitrogen and oxygen atoms in total. The highest BCUT2D eigenvalue weighted by atomic mass is 16.5. The first kappa shape index (κ1) is 17.7. The number of hydrogen-bond donors (Lipinski definition) is 1. The van der Waals surface area contributed by atoms with E-state index >= 15 is 0 Å². The fourth-order valence-corrected chi connectivity index (χ4v) is 4.18. The second kappa shape index (κ2) is 7.53. The molecule has 2 fully saturated rings. The van der Waals surface area contributed by atoms with E-state index in [0.29, 0.717) is 6.42 Å². The fourth-order valence-electron chi connectivity index (χ4n) is 4.18. The molecule has 0 aliphatic heterocycles. The molecule has 2 aromatic rings. The van der Waals surface area contributed by atoms with Crippen LogP contribution in [0.15, 0.2) is 60.7 Å². The predicted molar refractivity (Wildman–Crippen MR) is 97.1 cm³/mol. The van der Waals surface area contributed by atoms with Crippen LogP contribution in [0.2, 0.25) is 0 Å². The van der Waals surface area contributed by atoms with E-state index in [1.54, 1.807) is 0 Å². The summed E-state index contributed by atoms with van der Waals surface area (Å²) in [5.41, 5.74) is 1.83. The molecule has 2 aromatic carbocycles. The number of ether oxygens (including phenoxy) is 2. The molecule has 0 heterocycles. The molecule has 0 saturated heterocycles. The average Bonchev–Trinajstić information content (AvgIpc) is 3.36.